The van der Waals surface area contributed by atoms with Crippen molar-refractivity contribution in [2.24, 2.45) is 11.7 Å². The fourth-order valence-electron chi connectivity index (χ4n) is 5.11. The third-order valence-electron chi connectivity index (χ3n) is 6.24. The van der Waals surface area contributed by atoms with Crippen LogP contribution >= 0.6 is 0 Å². The third-order valence-corrected chi connectivity index (χ3v) is 6.24. The van der Waals surface area contributed by atoms with E-state index < -0.39 is 0 Å². The molecule has 3 unspecified atom stereocenters. The number of carbonyl (C=O) groups excluding carboxylic acids is 1. The summed E-state index contributed by atoms with van der Waals surface area (Å²) in [6.07, 6.45) is 4.29. The maximum atomic E-state index is 11.9. The maximum Gasteiger partial charge on any atom is 0.315 e. The summed E-state index contributed by atoms with van der Waals surface area (Å²) in [4.78, 5) is 16.4. The van der Waals surface area contributed by atoms with Crippen molar-refractivity contribution in [2.45, 2.75) is 37.8 Å². The van der Waals surface area contributed by atoms with Crippen molar-refractivity contribution in [3.63, 3.8) is 0 Å². The number of primary amides is 1. The lowest BCUT2D eigenvalue weighted by Gasteiger charge is -2.52. The van der Waals surface area contributed by atoms with E-state index in [-0.39, 0.29) is 12.1 Å². The van der Waals surface area contributed by atoms with Crippen LogP contribution in [0.15, 0.2) is 12.1 Å². The molecule has 0 aromatic heterocycles. The number of benzene rings is 1. The van der Waals surface area contributed by atoms with Crippen LogP contribution in [0.3, 0.4) is 0 Å². The Balaban J connectivity index is 1.50. The first-order chi connectivity index (χ1) is 11.7. The molecule has 0 radical (unpaired) electrons. The summed E-state index contributed by atoms with van der Waals surface area (Å²) >= 11 is 0. The number of nitrogens with two attached hydrogens (primary N) is 1. The summed E-state index contributed by atoms with van der Waals surface area (Å²) < 4.78 is 11.1. The highest BCUT2D eigenvalue weighted by Gasteiger charge is 2.44. The largest absolute Gasteiger partial charge is 0.454 e. The highest BCUT2D eigenvalue weighted by atomic mass is 16.7. The van der Waals surface area contributed by atoms with Crippen LogP contribution in [0.1, 0.15) is 36.4 Å². The van der Waals surface area contributed by atoms with Gasteiger partial charge in [-0.25, -0.2) is 4.79 Å². The Morgan fingerprint density at radius 3 is 2.88 bits per heavy atom. The second-order valence-corrected chi connectivity index (χ2v) is 7.40. The maximum absolute atomic E-state index is 11.9. The number of likely N-dealkylation sites (tertiary alicyclic amines) is 1. The van der Waals surface area contributed by atoms with Gasteiger partial charge in [-0.1, -0.05) is 0 Å². The Morgan fingerprint density at radius 2 is 2.04 bits per heavy atom. The second-order valence-electron chi connectivity index (χ2n) is 7.40. The molecule has 6 nitrogen and oxygen atoms in total. The molecule has 2 amide bonds. The highest BCUT2D eigenvalue weighted by Crippen LogP contribution is 2.46. The third kappa shape index (κ3) is 2.09. The summed E-state index contributed by atoms with van der Waals surface area (Å²) in [5.74, 6) is 2.28. The quantitative estimate of drug-likeness (QED) is 0.789. The van der Waals surface area contributed by atoms with Crippen molar-refractivity contribution < 1.29 is 14.3 Å². The van der Waals surface area contributed by atoms with Gasteiger partial charge in [0, 0.05) is 31.7 Å². The average Bonchev–Trinajstić information content (AvgIpc) is 3.04. The first kappa shape index (κ1) is 14.4. The summed E-state index contributed by atoms with van der Waals surface area (Å²) in [6.45, 7) is 3.26. The first-order valence-electron chi connectivity index (χ1n) is 8.93. The smallest absolute Gasteiger partial charge is 0.315 e. The molecule has 0 saturated carbocycles. The van der Waals surface area contributed by atoms with Crippen LogP contribution < -0.4 is 15.2 Å². The molecular weight excluding hydrogens is 306 g/mol. The monoisotopic (exact) mass is 329 g/mol. The molecule has 0 aliphatic carbocycles. The fraction of sp³-hybridized carbons (Fsp3) is 0.611. The van der Waals surface area contributed by atoms with Crippen molar-refractivity contribution in [1.29, 1.82) is 0 Å². The minimum atomic E-state index is -0.264. The number of amides is 2. The van der Waals surface area contributed by atoms with Crippen molar-refractivity contribution in [3.8, 4) is 11.5 Å². The van der Waals surface area contributed by atoms with E-state index in [1.165, 1.54) is 17.5 Å². The molecule has 5 rings (SSSR count). The molecule has 0 bridgehead atoms. The predicted molar refractivity (Wildman–Crippen MR) is 88.0 cm³/mol. The van der Waals surface area contributed by atoms with Crippen LogP contribution in [-0.4, -0.2) is 48.3 Å². The van der Waals surface area contributed by atoms with Gasteiger partial charge in [0.25, 0.3) is 0 Å². The molecule has 4 heterocycles. The molecule has 0 spiro atoms. The number of rotatable bonds is 0. The van der Waals surface area contributed by atoms with Crippen molar-refractivity contribution >= 4 is 6.03 Å². The van der Waals surface area contributed by atoms with Crippen LogP contribution in [0.5, 0.6) is 11.5 Å². The van der Waals surface area contributed by atoms with Gasteiger partial charge < -0.3 is 20.1 Å². The zero-order chi connectivity index (χ0) is 16.3. The van der Waals surface area contributed by atoms with Crippen molar-refractivity contribution in [2.75, 3.05) is 26.4 Å². The Kier molecular flexibility index (Phi) is 3.16. The molecule has 2 saturated heterocycles. The van der Waals surface area contributed by atoms with Gasteiger partial charge in [0.15, 0.2) is 11.5 Å². The summed E-state index contributed by atoms with van der Waals surface area (Å²) in [5, 5.41) is 0. The van der Waals surface area contributed by atoms with Gasteiger partial charge in [-0.15, -0.1) is 0 Å². The Hall–Kier alpha value is -1.95. The molecule has 4 aliphatic rings. The molecular formula is C18H23N3O3. The van der Waals surface area contributed by atoms with Gasteiger partial charge >= 0.3 is 6.03 Å². The van der Waals surface area contributed by atoms with E-state index in [0.29, 0.717) is 18.8 Å². The van der Waals surface area contributed by atoms with E-state index in [1.54, 1.807) is 0 Å². The van der Waals surface area contributed by atoms with E-state index in [0.717, 1.165) is 50.4 Å². The highest BCUT2D eigenvalue weighted by molar-refractivity contribution is 5.72. The fourth-order valence-corrected chi connectivity index (χ4v) is 5.11. The number of ether oxygens (including phenoxy) is 2. The molecule has 128 valence electrons. The van der Waals surface area contributed by atoms with Crippen LogP contribution in [0.4, 0.5) is 4.79 Å². The molecule has 3 atom stereocenters. The average molecular weight is 329 g/mol. The molecule has 4 aliphatic heterocycles. The molecule has 6 heteroatoms. The number of urea groups is 1. The van der Waals surface area contributed by atoms with Crippen LogP contribution in [-0.2, 0) is 6.42 Å². The van der Waals surface area contributed by atoms with Gasteiger partial charge in [0.05, 0.1) is 0 Å². The van der Waals surface area contributed by atoms with Gasteiger partial charge in [0.1, 0.15) is 0 Å². The molecule has 1 aromatic carbocycles. The van der Waals surface area contributed by atoms with E-state index in [2.05, 4.69) is 17.0 Å². The lowest BCUT2D eigenvalue weighted by atomic mass is 9.76. The second kappa shape index (κ2) is 5.28. The van der Waals surface area contributed by atoms with Gasteiger partial charge in [0.2, 0.25) is 6.79 Å². The summed E-state index contributed by atoms with van der Waals surface area (Å²) in [5.41, 5.74) is 8.36. The van der Waals surface area contributed by atoms with Crippen molar-refractivity contribution in [1.82, 2.24) is 9.80 Å². The number of hydrogen-bond acceptors (Lipinski definition) is 4. The van der Waals surface area contributed by atoms with E-state index in [9.17, 15) is 4.79 Å². The zero-order valence-corrected chi connectivity index (χ0v) is 13.7. The molecule has 24 heavy (non-hydrogen) atoms. The van der Waals surface area contributed by atoms with Crippen molar-refractivity contribution in [3.05, 3.63) is 23.3 Å². The van der Waals surface area contributed by atoms with E-state index in [4.69, 9.17) is 15.2 Å². The zero-order valence-electron chi connectivity index (χ0n) is 13.7. The number of hydrogen-bond donors (Lipinski definition) is 1. The summed E-state index contributed by atoms with van der Waals surface area (Å²) in [6, 6.07) is 4.67. The van der Waals surface area contributed by atoms with Gasteiger partial charge in [-0.2, -0.15) is 0 Å². The van der Waals surface area contributed by atoms with Crippen LogP contribution in [0, 0.1) is 5.92 Å². The Bertz CT molecular complexity index is 692. The number of fused-ring (bicyclic) bond motifs is 5. The van der Waals surface area contributed by atoms with E-state index >= 15 is 0 Å². The predicted octanol–water partition coefficient (Wildman–Crippen LogP) is 1.88. The number of piperidine rings is 2. The Morgan fingerprint density at radius 1 is 1.21 bits per heavy atom. The molecule has 2 fully saturated rings. The SMILES string of the molecule is NC(=O)N1CCCC2CN3CCc4cc5c(cc4C3CC21)OCO5. The molecule has 2 N–H and O–H groups in total. The van der Waals surface area contributed by atoms with Gasteiger partial charge in [-0.05, 0) is 54.9 Å². The van der Waals surface area contributed by atoms with Gasteiger partial charge in [-0.3, -0.25) is 4.90 Å². The standard InChI is InChI=1S/C18H23N3O3/c19-18(22)21-4-1-2-12-9-20-5-3-11-6-16-17(24-10-23-16)7-13(11)15(20)8-14(12)21/h6-7,12,14-15H,1-5,8-10H2,(H2,19,22). The van der Waals surface area contributed by atoms with Crippen LogP contribution in [0.25, 0.3) is 0 Å². The minimum absolute atomic E-state index is 0.264. The number of nitrogens with zero attached hydrogens (tertiary/aromatic N) is 2. The van der Waals surface area contributed by atoms with E-state index in [1.807, 2.05) is 4.90 Å². The lowest BCUT2D eigenvalue weighted by molar-refractivity contribution is 0.00737. The normalized spacial score (nSPS) is 31.2. The van der Waals surface area contributed by atoms with Crippen LogP contribution in [0.2, 0.25) is 0 Å². The number of carbonyl (C=O) groups is 1. The molecule has 1 aromatic rings. The topological polar surface area (TPSA) is 68.0 Å². The minimum Gasteiger partial charge on any atom is -0.454 e. The first-order valence-corrected chi connectivity index (χ1v) is 8.93. The summed E-state index contributed by atoms with van der Waals surface area (Å²) in [7, 11) is 0. The lowest BCUT2D eigenvalue weighted by Crippen LogP contribution is -2.58. The Labute approximate surface area is 141 Å².